The van der Waals surface area contributed by atoms with Gasteiger partial charge in [0.05, 0.1) is 5.69 Å². The van der Waals surface area contributed by atoms with Gasteiger partial charge in [-0.25, -0.2) is 14.5 Å². The lowest BCUT2D eigenvalue weighted by atomic mass is 9.95. The van der Waals surface area contributed by atoms with Crippen LogP contribution < -0.4 is 10.6 Å². The first-order chi connectivity index (χ1) is 15.2. The van der Waals surface area contributed by atoms with E-state index in [0.717, 1.165) is 20.2 Å². The number of carboxylic acid groups (broad SMARTS) is 1. The minimum atomic E-state index is -0.834. The zero-order chi connectivity index (χ0) is 23.6. The van der Waals surface area contributed by atoms with Crippen LogP contribution in [-0.2, 0) is 4.79 Å². The molecule has 0 spiro atoms. The molecule has 1 atom stereocenters. The number of aryl methyl sites for hydroxylation is 1. The van der Waals surface area contributed by atoms with Crippen LogP contribution in [0.25, 0.3) is 0 Å². The number of carbonyl (C=O) groups is 3. The number of anilines is 1. The van der Waals surface area contributed by atoms with E-state index in [1.54, 1.807) is 23.6 Å². The Morgan fingerprint density at radius 1 is 1.19 bits per heavy atom. The fraction of sp³-hybridized carbons (Fsp3) is 0.143. The molecule has 1 aliphatic rings. The zero-order valence-electron chi connectivity index (χ0n) is 16.8. The molecule has 0 fully saturated rings. The molecular formula is C21H17ClN2O4S4. The van der Waals surface area contributed by atoms with Crippen molar-refractivity contribution in [3.05, 3.63) is 67.0 Å². The number of carboxylic acids is 1. The number of thiophene rings is 2. The van der Waals surface area contributed by atoms with Gasteiger partial charge in [-0.05, 0) is 65.4 Å². The van der Waals surface area contributed by atoms with Crippen LogP contribution >= 0.6 is 58.3 Å². The zero-order valence-corrected chi connectivity index (χ0v) is 20.8. The van der Waals surface area contributed by atoms with E-state index in [1.165, 1.54) is 34.4 Å². The van der Waals surface area contributed by atoms with Crippen LogP contribution in [0.4, 0.5) is 10.5 Å². The van der Waals surface area contributed by atoms with Crippen LogP contribution in [0.1, 0.15) is 31.6 Å². The number of nitrogens with zero attached hydrogens (tertiary/aromatic N) is 1. The maximum atomic E-state index is 12.7. The number of hydrogen-bond acceptors (Lipinski definition) is 7. The first-order valence-electron chi connectivity index (χ1n) is 9.03. The molecule has 0 saturated carbocycles. The Morgan fingerprint density at radius 2 is 1.84 bits per heavy atom. The fourth-order valence-electron chi connectivity index (χ4n) is 3.19. The van der Waals surface area contributed by atoms with Crippen molar-refractivity contribution in [1.82, 2.24) is 0 Å². The van der Waals surface area contributed by atoms with Gasteiger partial charge in [0, 0.05) is 19.7 Å². The summed E-state index contributed by atoms with van der Waals surface area (Å²) in [6.07, 6.45) is 1.87. The molecule has 11 heteroatoms. The number of thioether (sulfide) groups is 1. The van der Waals surface area contributed by atoms with Crippen LogP contribution in [0.5, 0.6) is 0 Å². The minimum absolute atomic E-state index is 0.428. The van der Waals surface area contributed by atoms with E-state index in [1.807, 2.05) is 30.7 Å². The second kappa shape index (κ2) is 10.1. The Kier molecular flexibility index (Phi) is 7.73. The number of benzene rings is 1. The van der Waals surface area contributed by atoms with Crippen LogP contribution in [-0.4, -0.2) is 34.1 Å². The molecule has 3 N–H and O–H groups in total. The van der Waals surface area contributed by atoms with Crippen molar-refractivity contribution in [2.45, 2.75) is 17.7 Å². The summed E-state index contributed by atoms with van der Waals surface area (Å²) in [6.45, 7) is 1.93. The van der Waals surface area contributed by atoms with Crippen molar-refractivity contribution in [2.24, 2.45) is 5.73 Å². The molecule has 1 aromatic carbocycles. The van der Waals surface area contributed by atoms with Gasteiger partial charge in [-0.1, -0.05) is 23.8 Å². The summed E-state index contributed by atoms with van der Waals surface area (Å²) in [5.41, 5.74) is 7.42. The lowest BCUT2D eigenvalue weighted by Gasteiger charge is -2.13. The number of imide groups is 1. The normalized spacial score (nSPS) is 14.5. The highest BCUT2D eigenvalue weighted by Gasteiger charge is 2.43. The number of carbonyl (C=O) groups excluding carboxylic acids is 2. The van der Waals surface area contributed by atoms with Gasteiger partial charge in [-0.2, -0.15) is 0 Å². The lowest BCUT2D eigenvalue weighted by Crippen LogP contribution is -2.40. The Hall–Kier alpha value is -2.24. The Balaban J connectivity index is 0.000000243. The number of hydrogen-bond donors (Lipinski definition) is 2. The van der Waals surface area contributed by atoms with Crippen molar-refractivity contribution in [1.29, 1.82) is 0 Å². The number of aromatic carboxylic acids is 1. The van der Waals surface area contributed by atoms with Crippen LogP contribution in [0.15, 0.2) is 46.0 Å². The Bertz CT molecular complexity index is 1220. The predicted octanol–water partition coefficient (Wildman–Crippen LogP) is 5.81. The SMILES string of the molecule is CSc1ccsc1C(=O)O.Cc1ccsc1C(=S)C1C(=O)N(C(N)=O)c2ccc(Cl)cc21. The molecule has 2 aromatic heterocycles. The highest BCUT2D eigenvalue weighted by Crippen LogP contribution is 2.41. The van der Waals surface area contributed by atoms with E-state index in [9.17, 15) is 14.4 Å². The van der Waals surface area contributed by atoms with E-state index >= 15 is 0 Å². The van der Waals surface area contributed by atoms with Crippen molar-refractivity contribution in [3.8, 4) is 0 Å². The molecule has 32 heavy (non-hydrogen) atoms. The summed E-state index contributed by atoms with van der Waals surface area (Å²) >= 11 is 15.8. The van der Waals surface area contributed by atoms with E-state index < -0.39 is 23.8 Å². The molecule has 166 valence electrons. The van der Waals surface area contributed by atoms with Crippen molar-refractivity contribution in [3.63, 3.8) is 0 Å². The highest BCUT2D eigenvalue weighted by atomic mass is 35.5. The quantitative estimate of drug-likeness (QED) is 0.254. The number of halogens is 1. The van der Waals surface area contributed by atoms with Gasteiger partial charge in [-0.3, -0.25) is 4.79 Å². The van der Waals surface area contributed by atoms with Gasteiger partial charge in [0.2, 0.25) is 5.91 Å². The second-order valence-electron chi connectivity index (χ2n) is 6.57. The third-order valence-electron chi connectivity index (χ3n) is 4.62. The number of rotatable bonds is 4. The number of amides is 3. The summed E-state index contributed by atoms with van der Waals surface area (Å²) in [4.78, 5) is 38.3. The number of nitrogens with two attached hydrogens (primary N) is 1. The smallest absolute Gasteiger partial charge is 0.347 e. The van der Waals surface area contributed by atoms with Gasteiger partial charge >= 0.3 is 12.0 Å². The van der Waals surface area contributed by atoms with E-state index in [-0.39, 0.29) is 0 Å². The third kappa shape index (κ3) is 4.74. The van der Waals surface area contributed by atoms with Gasteiger partial charge in [0.1, 0.15) is 10.8 Å². The van der Waals surface area contributed by atoms with Gasteiger partial charge < -0.3 is 10.8 Å². The third-order valence-corrected chi connectivity index (χ3v) is 8.29. The number of urea groups is 1. The molecule has 0 bridgehead atoms. The van der Waals surface area contributed by atoms with E-state index in [4.69, 9.17) is 34.7 Å². The molecule has 6 nitrogen and oxygen atoms in total. The molecule has 3 heterocycles. The standard InChI is InChI=1S/C15H11ClN2O2S2.C6H6O2S2/c1-7-4-5-22-13(7)12(21)11-9-6-8(16)2-3-10(9)18(14(11)19)15(17)20;1-9-4-2-3-10-5(4)6(7)8/h2-6,11H,1H3,(H2,17,20);2-3H,1H3,(H,7,8). The molecule has 0 aliphatic carbocycles. The van der Waals surface area contributed by atoms with Crippen LogP contribution in [0, 0.1) is 6.92 Å². The number of primary amides is 1. The molecule has 1 aliphatic heterocycles. The van der Waals surface area contributed by atoms with Gasteiger partial charge in [0.15, 0.2) is 0 Å². The molecule has 0 saturated heterocycles. The number of fused-ring (bicyclic) bond motifs is 1. The summed E-state index contributed by atoms with van der Waals surface area (Å²) in [6, 6.07) is 7.84. The topological polar surface area (TPSA) is 101 Å². The van der Waals surface area contributed by atoms with Crippen molar-refractivity contribution >= 4 is 86.7 Å². The number of thiocarbonyl (C=S) groups is 1. The average Bonchev–Trinajstić information content (AvgIpc) is 3.44. The summed E-state index contributed by atoms with van der Waals surface area (Å²) in [5, 5.41) is 12.8. The van der Waals surface area contributed by atoms with Crippen molar-refractivity contribution in [2.75, 3.05) is 11.2 Å². The molecule has 1 unspecified atom stereocenters. The Labute approximate surface area is 207 Å². The second-order valence-corrected chi connectivity index (χ2v) is 10.1. The lowest BCUT2D eigenvalue weighted by molar-refractivity contribution is -0.117. The molecule has 3 aromatic rings. The molecule has 4 rings (SSSR count). The first-order valence-corrected chi connectivity index (χ1v) is 12.8. The van der Waals surface area contributed by atoms with E-state index in [0.29, 0.717) is 26.0 Å². The van der Waals surface area contributed by atoms with Crippen LogP contribution in [0.2, 0.25) is 5.02 Å². The first kappa shape index (κ1) is 24.4. The summed E-state index contributed by atoms with van der Waals surface area (Å²) in [7, 11) is 0. The monoisotopic (exact) mass is 524 g/mol. The largest absolute Gasteiger partial charge is 0.477 e. The molecule has 0 radical (unpaired) electrons. The summed E-state index contributed by atoms with van der Waals surface area (Å²) in [5.74, 6) is -1.98. The van der Waals surface area contributed by atoms with Crippen molar-refractivity contribution < 1.29 is 19.5 Å². The summed E-state index contributed by atoms with van der Waals surface area (Å²) < 4.78 is 0. The average molecular weight is 525 g/mol. The highest BCUT2D eigenvalue weighted by molar-refractivity contribution is 7.98. The molecular weight excluding hydrogens is 508 g/mol. The molecule has 3 amide bonds. The fourth-order valence-corrected chi connectivity index (χ4v) is 6.38. The Morgan fingerprint density at radius 3 is 2.38 bits per heavy atom. The van der Waals surface area contributed by atoms with E-state index in [2.05, 4.69) is 0 Å². The predicted molar refractivity (Wildman–Crippen MR) is 135 cm³/mol. The van der Waals surface area contributed by atoms with Gasteiger partial charge in [-0.15, -0.1) is 34.4 Å². The van der Waals surface area contributed by atoms with Crippen LogP contribution in [0.3, 0.4) is 0 Å². The minimum Gasteiger partial charge on any atom is -0.477 e. The maximum Gasteiger partial charge on any atom is 0.347 e. The maximum absolute atomic E-state index is 12.7. The van der Waals surface area contributed by atoms with Gasteiger partial charge in [0.25, 0.3) is 0 Å².